The van der Waals surface area contributed by atoms with E-state index in [1.807, 2.05) is 10.8 Å². The Hall–Kier alpha value is 0.0900. The molecular formula is C12H24N4S2. The molecule has 0 saturated carbocycles. The summed E-state index contributed by atoms with van der Waals surface area (Å²) in [7, 11) is 7.80. The van der Waals surface area contributed by atoms with Gasteiger partial charge in [0.2, 0.25) is 0 Å². The highest BCUT2D eigenvalue weighted by molar-refractivity contribution is 8.82. The van der Waals surface area contributed by atoms with Crippen LogP contribution in [0.15, 0.2) is 4.99 Å². The van der Waals surface area contributed by atoms with Gasteiger partial charge in [-0.05, 0) is 27.5 Å². The van der Waals surface area contributed by atoms with Gasteiger partial charge in [-0.2, -0.15) is 0 Å². The first-order valence-electron chi connectivity index (χ1n) is 6.67. The van der Waals surface area contributed by atoms with Crippen LogP contribution in [-0.4, -0.2) is 60.2 Å². The smallest absolute Gasteiger partial charge is 0.172 e. The molecule has 2 heterocycles. The summed E-state index contributed by atoms with van der Waals surface area (Å²) >= 11 is 0. The maximum absolute atomic E-state index is 4.80. The average Bonchev–Trinajstić information content (AvgIpc) is 2.88. The predicted molar refractivity (Wildman–Crippen MR) is 82.9 cm³/mol. The highest BCUT2D eigenvalue weighted by Crippen LogP contribution is 2.39. The van der Waals surface area contributed by atoms with Crippen molar-refractivity contribution in [1.82, 2.24) is 15.1 Å². The molecule has 1 N–H and O–H groups in total. The van der Waals surface area contributed by atoms with Crippen LogP contribution in [0.3, 0.4) is 0 Å². The van der Waals surface area contributed by atoms with E-state index in [0.717, 1.165) is 30.7 Å². The number of nitrogens with zero attached hydrogens (tertiary/aromatic N) is 3. The van der Waals surface area contributed by atoms with E-state index in [4.69, 9.17) is 4.99 Å². The van der Waals surface area contributed by atoms with E-state index < -0.39 is 0 Å². The molecule has 2 aliphatic rings. The minimum atomic E-state index is 0.307. The maximum Gasteiger partial charge on any atom is 0.172 e. The number of hydrogen-bond acceptors (Lipinski definition) is 6. The van der Waals surface area contributed by atoms with Crippen LogP contribution in [0.4, 0.5) is 0 Å². The van der Waals surface area contributed by atoms with Gasteiger partial charge in [0.1, 0.15) is 0 Å². The molecule has 0 bridgehead atoms. The molecule has 0 aromatic heterocycles. The quantitative estimate of drug-likeness (QED) is 0.802. The van der Waals surface area contributed by atoms with Crippen LogP contribution in [0.25, 0.3) is 0 Å². The number of rotatable bonds is 3. The Labute approximate surface area is 118 Å². The molecule has 0 radical (unpaired) electrons. The second-order valence-corrected chi connectivity index (χ2v) is 7.48. The Balaban J connectivity index is 1.94. The number of aliphatic imine (C=N–C) groups is 1. The molecule has 1 fully saturated rings. The lowest BCUT2D eigenvalue weighted by Crippen LogP contribution is -2.54. The minimum absolute atomic E-state index is 0.307. The lowest BCUT2D eigenvalue weighted by Gasteiger charge is -2.37. The molecule has 0 aromatic rings. The van der Waals surface area contributed by atoms with Crippen LogP contribution < -0.4 is 5.32 Å². The predicted octanol–water partition coefficient (Wildman–Crippen LogP) is 1.90. The van der Waals surface area contributed by atoms with Crippen LogP contribution in [-0.2, 0) is 0 Å². The van der Waals surface area contributed by atoms with Crippen molar-refractivity contribution >= 4 is 26.8 Å². The fraction of sp³-hybridized carbons (Fsp3) is 0.917. The molecule has 3 atom stereocenters. The second-order valence-electron chi connectivity index (χ2n) is 5.25. The Bertz CT molecular complexity index is 308. The number of hydrogen-bond donors (Lipinski definition) is 1. The lowest BCUT2D eigenvalue weighted by molar-refractivity contribution is 0.161. The van der Waals surface area contributed by atoms with Gasteiger partial charge >= 0.3 is 0 Å². The van der Waals surface area contributed by atoms with Gasteiger partial charge in [0.25, 0.3) is 0 Å². The zero-order valence-electron chi connectivity index (χ0n) is 11.7. The van der Waals surface area contributed by atoms with E-state index >= 15 is 0 Å². The number of amidine groups is 1. The summed E-state index contributed by atoms with van der Waals surface area (Å²) < 4.78 is 0. The third-order valence-corrected chi connectivity index (χ3v) is 6.24. The Morgan fingerprint density at radius 1 is 1.56 bits per heavy atom. The summed E-state index contributed by atoms with van der Waals surface area (Å²) in [5, 5.41) is 4.78. The molecular weight excluding hydrogens is 264 g/mol. The summed E-state index contributed by atoms with van der Waals surface area (Å²) in [6, 6.07) is 0.618. The van der Waals surface area contributed by atoms with Crippen molar-refractivity contribution in [2.75, 3.05) is 33.7 Å². The summed E-state index contributed by atoms with van der Waals surface area (Å²) in [5.74, 6) is 0.740. The third kappa shape index (κ3) is 3.35. The van der Waals surface area contributed by atoms with E-state index in [1.54, 1.807) is 10.8 Å². The normalized spacial score (nSPS) is 31.2. The standard InChI is InChI=1S/C12H24N4S2/c1-5-9(2)10-8-16(7-6-13-10)12-14-11(15(3)4)17-18-12/h9-10,12-13H,5-8H2,1-4H3. The monoisotopic (exact) mass is 288 g/mol. The molecule has 2 rings (SSSR count). The molecule has 0 aromatic carbocycles. The van der Waals surface area contributed by atoms with Crippen LogP contribution in [0.1, 0.15) is 20.3 Å². The van der Waals surface area contributed by atoms with Crippen molar-refractivity contribution in [2.45, 2.75) is 31.8 Å². The van der Waals surface area contributed by atoms with Gasteiger partial charge in [-0.15, -0.1) is 0 Å². The molecule has 0 amide bonds. The van der Waals surface area contributed by atoms with E-state index in [9.17, 15) is 0 Å². The van der Waals surface area contributed by atoms with Crippen molar-refractivity contribution in [3.63, 3.8) is 0 Å². The zero-order valence-corrected chi connectivity index (χ0v) is 13.4. The molecule has 4 nitrogen and oxygen atoms in total. The minimum Gasteiger partial charge on any atom is -0.357 e. The summed E-state index contributed by atoms with van der Waals surface area (Å²) in [4.78, 5) is 9.42. The second kappa shape index (κ2) is 6.50. The van der Waals surface area contributed by atoms with E-state index in [0.29, 0.717) is 11.5 Å². The van der Waals surface area contributed by atoms with Crippen molar-refractivity contribution in [2.24, 2.45) is 10.9 Å². The van der Waals surface area contributed by atoms with E-state index in [-0.39, 0.29) is 0 Å². The molecule has 18 heavy (non-hydrogen) atoms. The Morgan fingerprint density at radius 2 is 2.33 bits per heavy atom. The van der Waals surface area contributed by atoms with Gasteiger partial charge < -0.3 is 10.2 Å². The van der Waals surface area contributed by atoms with Crippen molar-refractivity contribution < 1.29 is 0 Å². The van der Waals surface area contributed by atoms with Gasteiger partial charge in [-0.1, -0.05) is 20.3 Å². The molecule has 6 heteroatoms. The van der Waals surface area contributed by atoms with Gasteiger partial charge in [0.15, 0.2) is 10.7 Å². The van der Waals surface area contributed by atoms with Crippen molar-refractivity contribution in [3.05, 3.63) is 0 Å². The van der Waals surface area contributed by atoms with Crippen molar-refractivity contribution in [1.29, 1.82) is 0 Å². The molecule has 1 saturated heterocycles. The number of nitrogens with one attached hydrogen (secondary N) is 1. The topological polar surface area (TPSA) is 30.9 Å². The van der Waals surface area contributed by atoms with Crippen LogP contribution in [0.2, 0.25) is 0 Å². The summed E-state index contributed by atoms with van der Waals surface area (Å²) in [5.41, 5.74) is 0.307. The SMILES string of the molecule is CCC(C)C1CN(C2N=C(N(C)C)SS2)CCN1. The highest BCUT2D eigenvalue weighted by atomic mass is 33.1. The molecule has 3 unspecified atom stereocenters. The van der Waals surface area contributed by atoms with Gasteiger partial charge in [0, 0.05) is 39.8 Å². The molecule has 104 valence electrons. The maximum atomic E-state index is 4.80. The Morgan fingerprint density at radius 3 is 2.94 bits per heavy atom. The molecule has 0 aliphatic carbocycles. The van der Waals surface area contributed by atoms with Gasteiger partial charge in [-0.25, -0.2) is 4.99 Å². The first kappa shape index (κ1) is 14.5. The molecule has 0 spiro atoms. The summed E-state index contributed by atoms with van der Waals surface area (Å²) in [6.07, 6.45) is 1.24. The van der Waals surface area contributed by atoms with Crippen LogP contribution in [0, 0.1) is 5.92 Å². The van der Waals surface area contributed by atoms with Crippen LogP contribution in [0.5, 0.6) is 0 Å². The average molecular weight is 288 g/mol. The largest absolute Gasteiger partial charge is 0.357 e. The fourth-order valence-electron chi connectivity index (χ4n) is 2.22. The number of piperazine rings is 1. The van der Waals surface area contributed by atoms with E-state index in [1.165, 1.54) is 6.42 Å². The first-order chi connectivity index (χ1) is 8.61. The molecule has 2 aliphatic heterocycles. The Kier molecular flexibility index (Phi) is 5.24. The first-order valence-corrected chi connectivity index (χ1v) is 8.89. The fourth-order valence-corrected chi connectivity index (χ4v) is 4.80. The van der Waals surface area contributed by atoms with Crippen molar-refractivity contribution in [3.8, 4) is 0 Å². The summed E-state index contributed by atoms with van der Waals surface area (Å²) in [6.45, 7) is 7.93. The highest BCUT2D eigenvalue weighted by Gasteiger charge is 2.31. The van der Waals surface area contributed by atoms with Gasteiger partial charge in [-0.3, -0.25) is 4.90 Å². The van der Waals surface area contributed by atoms with E-state index in [2.05, 4.69) is 43.1 Å². The third-order valence-electron chi connectivity index (χ3n) is 3.69. The van der Waals surface area contributed by atoms with Crippen LogP contribution >= 0.6 is 21.6 Å². The zero-order chi connectivity index (χ0) is 13.1. The van der Waals surface area contributed by atoms with Gasteiger partial charge in [0.05, 0.1) is 0 Å². The lowest BCUT2D eigenvalue weighted by atomic mass is 9.97.